The lowest BCUT2D eigenvalue weighted by Crippen LogP contribution is -2.73. The maximum Gasteiger partial charge on any atom is 0.225 e. The molecule has 0 unspecified atom stereocenters. The van der Waals surface area contributed by atoms with Gasteiger partial charge in [-0.25, -0.2) is 14.4 Å². The zero-order valence-corrected chi connectivity index (χ0v) is 24.5. The average molecular weight is 589 g/mol. The predicted molar refractivity (Wildman–Crippen MR) is 160 cm³/mol. The summed E-state index contributed by atoms with van der Waals surface area (Å²) in [6.45, 7) is 7.18. The molecule has 1 spiro atoms. The SMILES string of the molecule is CCN/C(=C1/C=C(N2CC3(CN(C(=O)C4CCOCC4)C3)C2)C=NC1=N)N(C)c1nc(-c2ccc(F)cc2)c(C#N)s1. The van der Waals surface area contributed by atoms with E-state index in [2.05, 4.69) is 21.3 Å². The van der Waals surface area contributed by atoms with Crippen molar-refractivity contribution in [3.05, 3.63) is 58.1 Å². The number of anilines is 1. The van der Waals surface area contributed by atoms with Gasteiger partial charge in [0.15, 0.2) is 11.0 Å². The number of allylic oxidation sites excluding steroid dienone is 1. The number of benzene rings is 1. The molecule has 10 nitrogen and oxygen atoms in total. The van der Waals surface area contributed by atoms with Gasteiger partial charge in [0.25, 0.3) is 0 Å². The quantitative estimate of drug-likeness (QED) is 0.507. The molecule has 3 fully saturated rings. The Bertz CT molecular complexity index is 1520. The van der Waals surface area contributed by atoms with E-state index in [-0.39, 0.29) is 28.9 Å². The van der Waals surface area contributed by atoms with Crippen LogP contribution in [0.2, 0.25) is 0 Å². The zero-order valence-electron chi connectivity index (χ0n) is 23.7. The van der Waals surface area contributed by atoms with E-state index in [1.165, 1.54) is 23.5 Å². The number of aromatic nitrogens is 1. The molecule has 2 N–H and O–H groups in total. The molecule has 1 amide bonds. The van der Waals surface area contributed by atoms with Crippen LogP contribution in [0, 0.1) is 33.9 Å². The minimum atomic E-state index is -0.353. The number of nitrogens with one attached hydrogen (secondary N) is 2. The standard InChI is InChI=1S/C30H33FN8O2S/c1-3-34-27(37(2)29-36-25(24(13-32)42-29)19-4-6-21(31)7-5-19)23-12-22(14-35-26(23)33)38-15-30(16-38)17-39(18-30)28(40)20-8-10-41-11-9-20/h4-7,12,14,20,33-34H,3,8-11,15-18H2,1-2H3/b27-23+,33-26?. The number of thiazole rings is 1. The number of rotatable bonds is 7. The van der Waals surface area contributed by atoms with E-state index < -0.39 is 0 Å². The van der Waals surface area contributed by atoms with E-state index in [1.54, 1.807) is 18.3 Å². The molecule has 6 rings (SSSR count). The van der Waals surface area contributed by atoms with Gasteiger partial charge in [0.1, 0.15) is 28.3 Å². The smallest absolute Gasteiger partial charge is 0.225 e. The second kappa shape index (κ2) is 11.3. The highest BCUT2D eigenvalue weighted by molar-refractivity contribution is 7.16. The number of amidine groups is 1. The number of nitrogens with zero attached hydrogens (tertiary/aromatic N) is 6. The highest BCUT2D eigenvalue weighted by Gasteiger charge is 2.54. The second-order valence-corrected chi connectivity index (χ2v) is 12.2. The van der Waals surface area contributed by atoms with Crippen molar-refractivity contribution < 1.29 is 13.9 Å². The maximum atomic E-state index is 13.5. The summed E-state index contributed by atoms with van der Waals surface area (Å²) in [4.78, 5) is 28.5. The van der Waals surface area contributed by atoms with Crippen molar-refractivity contribution in [1.82, 2.24) is 20.1 Å². The number of carbonyl (C=O) groups is 1. The summed E-state index contributed by atoms with van der Waals surface area (Å²) in [7, 11) is 1.84. The van der Waals surface area contributed by atoms with Crippen molar-refractivity contribution in [3.63, 3.8) is 0 Å². The molecule has 3 saturated heterocycles. The van der Waals surface area contributed by atoms with Crippen LogP contribution in [0.5, 0.6) is 0 Å². The molecule has 1 aromatic carbocycles. The van der Waals surface area contributed by atoms with Gasteiger partial charge in [-0.05, 0) is 50.1 Å². The highest BCUT2D eigenvalue weighted by Crippen LogP contribution is 2.43. The Hall–Kier alpha value is -4.08. The summed E-state index contributed by atoms with van der Waals surface area (Å²) in [5, 5.41) is 22.3. The van der Waals surface area contributed by atoms with Gasteiger partial charge in [0.2, 0.25) is 5.91 Å². The van der Waals surface area contributed by atoms with Crippen LogP contribution in [-0.4, -0.2) is 85.7 Å². The summed E-state index contributed by atoms with van der Waals surface area (Å²) < 4.78 is 18.9. The fraction of sp³-hybridized carbons (Fsp3) is 0.433. The first-order chi connectivity index (χ1) is 20.3. The number of likely N-dealkylation sites (tertiary alicyclic amines) is 2. The zero-order chi connectivity index (χ0) is 29.4. The Morgan fingerprint density at radius 3 is 2.64 bits per heavy atom. The van der Waals surface area contributed by atoms with E-state index in [4.69, 9.17) is 15.1 Å². The molecule has 0 aliphatic carbocycles. The third-order valence-electron chi connectivity index (χ3n) is 8.28. The minimum Gasteiger partial charge on any atom is -0.381 e. The molecule has 218 valence electrons. The van der Waals surface area contributed by atoms with Crippen molar-refractivity contribution in [2.24, 2.45) is 16.3 Å². The largest absolute Gasteiger partial charge is 0.381 e. The van der Waals surface area contributed by atoms with E-state index >= 15 is 0 Å². The summed E-state index contributed by atoms with van der Waals surface area (Å²) in [5.41, 5.74) is 2.83. The summed E-state index contributed by atoms with van der Waals surface area (Å²) in [5.74, 6) is 0.795. The molecular weight excluding hydrogens is 555 g/mol. The van der Waals surface area contributed by atoms with Gasteiger partial charge in [0, 0.05) is 69.9 Å². The van der Waals surface area contributed by atoms with Gasteiger partial charge in [-0.3, -0.25) is 10.2 Å². The molecule has 42 heavy (non-hydrogen) atoms. The lowest BCUT2D eigenvalue weighted by Gasteiger charge is -2.61. The molecule has 4 aliphatic heterocycles. The number of amides is 1. The molecule has 12 heteroatoms. The van der Waals surface area contributed by atoms with Gasteiger partial charge in [-0.2, -0.15) is 5.26 Å². The molecular formula is C30H33FN8O2S. The van der Waals surface area contributed by atoms with Crippen molar-refractivity contribution in [2.75, 3.05) is 57.9 Å². The van der Waals surface area contributed by atoms with Crippen LogP contribution in [-0.2, 0) is 9.53 Å². The number of dihydropyridines is 1. The monoisotopic (exact) mass is 588 g/mol. The summed E-state index contributed by atoms with van der Waals surface area (Å²) in [6.07, 6.45) is 5.33. The Kier molecular flexibility index (Phi) is 7.55. The third kappa shape index (κ3) is 5.18. The average Bonchev–Trinajstić information content (AvgIpc) is 3.40. The molecule has 0 bridgehead atoms. The van der Waals surface area contributed by atoms with E-state index in [9.17, 15) is 14.4 Å². The van der Waals surface area contributed by atoms with Gasteiger partial charge in [0.05, 0.1) is 17.5 Å². The maximum absolute atomic E-state index is 13.5. The summed E-state index contributed by atoms with van der Waals surface area (Å²) >= 11 is 1.24. The van der Waals surface area contributed by atoms with Crippen LogP contribution in [0.25, 0.3) is 11.3 Å². The number of halogens is 1. The van der Waals surface area contributed by atoms with Crippen LogP contribution < -0.4 is 10.2 Å². The lowest BCUT2D eigenvalue weighted by atomic mass is 9.72. The van der Waals surface area contributed by atoms with Gasteiger partial charge in [-0.15, -0.1) is 0 Å². The molecule has 4 aliphatic rings. The molecule has 0 radical (unpaired) electrons. The van der Waals surface area contributed by atoms with Crippen LogP contribution in [0.3, 0.4) is 0 Å². The van der Waals surface area contributed by atoms with E-state index in [0.29, 0.717) is 52.4 Å². The fourth-order valence-electron chi connectivity index (χ4n) is 6.06. The van der Waals surface area contributed by atoms with Crippen LogP contribution >= 0.6 is 11.3 Å². The van der Waals surface area contributed by atoms with Crippen molar-refractivity contribution in [1.29, 1.82) is 10.7 Å². The number of ether oxygens (including phenoxy) is 1. The first-order valence-electron chi connectivity index (χ1n) is 14.2. The van der Waals surface area contributed by atoms with Crippen LogP contribution in [0.4, 0.5) is 9.52 Å². The van der Waals surface area contributed by atoms with Gasteiger partial charge < -0.3 is 24.8 Å². The fourth-order valence-corrected chi connectivity index (χ4v) is 6.92. The molecule has 0 saturated carbocycles. The Labute approximate surface area is 248 Å². The Morgan fingerprint density at radius 1 is 1.26 bits per heavy atom. The van der Waals surface area contributed by atoms with Crippen molar-refractivity contribution in [2.45, 2.75) is 19.8 Å². The molecule has 5 heterocycles. The first-order valence-corrected chi connectivity index (χ1v) is 15.0. The molecule has 2 aromatic rings. The number of nitriles is 1. The predicted octanol–water partition coefficient (Wildman–Crippen LogP) is 3.59. The van der Waals surface area contributed by atoms with E-state index in [1.807, 2.05) is 29.8 Å². The number of carbonyl (C=O) groups excluding carboxylic acids is 1. The van der Waals surface area contributed by atoms with Gasteiger partial charge >= 0.3 is 0 Å². The number of aliphatic imine (C=N–C) groups is 1. The van der Waals surface area contributed by atoms with E-state index in [0.717, 1.165) is 44.7 Å². The minimum absolute atomic E-state index is 0.0921. The Morgan fingerprint density at radius 2 is 1.98 bits per heavy atom. The molecule has 1 aromatic heterocycles. The topological polar surface area (TPSA) is 121 Å². The molecule has 0 atom stereocenters. The van der Waals surface area contributed by atoms with Crippen LogP contribution in [0.1, 0.15) is 24.6 Å². The third-order valence-corrected chi connectivity index (χ3v) is 9.32. The van der Waals surface area contributed by atoms with Crippen LogP contribution in [0.15, 0.2) is 52.4 Å². The number of hydrogen-bond acceptors (Lipinski definition) is 9. The van der Waals surface area contributed by atoms with Crippen molar-refractivity contribution in [3.8, 4) is 17.3 Å². The van der Waals surface area contributed by atoms with Crippen molar-refractivity contribution >= 4 is 34.4 Å². The number of hydrogen-bond donors (Lipinski definition) is 2. The normalized spacial score (nSPS) is 20.9. The highest BCUT2D eigenvalue weighted by atomic mass is 32.1. The lowest BCUT2D eigenvalue weighted by molar-refractivity contribution is -0.162. The van der Waals surface area contributed by atoms with Gasteiger partial charge in [-0.1, -0.05) is 11.3 Å². The summed E-state index contributed by atoms with van der Waals surface area (Å²) in [6, 6.07) is 8.14. The second-order valence-electron chi connectivity index (χ2n) is 11.3. The first kappa shape index (κ1) is 28.1. The Balaban J connectivity index is 1.19.